The van der Waals surface area contributed by atoms with Gasteiger partial charge in [-0.25, -0.2) is 13.4 Å². The summed E-state index contributed by atoms with van der Waals surface area (Å²) >= 11 is 0. The standard InChI is InChI=1S/C12H17N3O2S/c1-15-11-6-4-3-5-10(11)14-12(15)7-9(13)8-18(2,16)17/h3-6,9H,7-8,13H2,1-2H3. The molecule has 0 aliphatic rings. The Labute approximate surface area is 107 Å². The van der Waals surface area contributed by atoms with Gasteiger partial charge in [-0.15, -0.1) is 0 Å². The van der Waals surface area contributed by atoms with Crippen molar-refractivity contribution in [2.45, 2.75) is 12.5 Å². The van der Waals surface area contributed by atoms with Gasteiger partial charge in [0.15, 0.2) is 0 Å². The molecule has 2 N–H and O–H groups in total. The molecule has 1 aromatic heterocycles. The fraction of sp³-hybridized carbons (Fsp3) is 0.417. The SMILES string of the molecule is Cn1c(CC(N)CS(C)(=O)=O)nc2ccccc21. The lowest BCUT2D eigenvalue weighted by Gasteiger charge is -2.09. The zero-order valence-electron chi connectivity index (χ0n) is 10.5. The molecule has 0 saturated carbocycles. The van der Waals surface area contributed by atoms with E-state index in [1.54, 1.807) is 0 Å². The van der Waals surface area contributed by atoms with Gasteiger partial charge in [-0.3, -0.25) is 0 Å². The van der Waals surface area contributed by atoms with Gasteiger partial charge in [0.25, 0.3) is 0 Å². The molecular weight excluding hydrogens is 250 g/mol. The van der Waals surface area contributed by atoms with E-state index in [2.05, 4.69) is 4.98 Å². The molecule has 18 heavy (non-hydrogen) atoms. The topological polar surface area (TPSA) is 78.0 Å². The molecule has 0 bridgehead atoms. The summed E-state index contributed by atoms with van der Waals surface area (Å²) in [6, 6.07) is 7.37. The number of nitrogens with two attached hydrogens (primary N) is 1. The first-order valence-electron chi connectivity index (χ1n) is 5.70. The van der Waals surface area contributed by atoms with Gasteiger partial charge in [-0.05, 0) is 12.1 Å². The Hall–Kier alpha value is -1.40. The third-order valence-corrected chi connectivity index (χ3v) is 3.88. The zero-order chi connectivity index (χ0) is 13.3. The number of nitrogens with zero attached hydrogens (tertiary/aromatic N) is 2. The van der Waals surface area contributed by atoms with Gasteiger partial charge in [-0.2, -0.15) is 0 Å². The number of hydrogen-bond donors (Lipinski definition) is 1. The maximum absolute atomic E-state index is 11.2. The van der Waals surface area contributed by atoms with Crippen LogP contribution in [0.1, 0.15) is 5.82 Å². The van der Waals surface area contributed by atoms with Crippen LogP contribution in [-0.2, 0) is 23.3 Å². The number of imidazole rings is 1. The van der Waals surface area contributed by atoms with Crippen molar-refractivity contribution in [1.82, 2.24) is 9.55 Å². The van der Waals surface area contributed by atoms with Gasteiger partial charge in [0, 0.05) is 25.8 Å². The van der Waals surface area contributed by atoms with E-state index in [1.165, 1.54) is 6.26 Å². The number of sulfone groups is 1. The Morgan fingerprint density at radius 1 is 1.39 bits per heavy atom. The van der Waals surface area contributed by atoms with Gasteiger partial charge in [-0.1, -0.05) is 12.1 Å². The van der Waals surface area contributed by atoms with Crippen molar-refractivity contribution in [3.05, 3.63) is 30.1 Å². The van der Waals surface area contributed by atoms with E-state index in [9.17, 15) is 8.42 Å². The molecule has 0 aliphatic heterocycles. The Kier molecular flexibility index (Phi) is 3.41. The summed E-state index contributed by atoms with van der Waals surface area (Å²) in [5.74, 6) is 0.795. The maximum Gasteiger partial charge on any atom is 0.148 e. The molecule has 0 saturated heterocycles. The van der Waals surface area contributed by atoms with Gasteiger partial charge < -0.3 is 10.3 Å². The number of aryl methyl sites for hydroxylation is 1. The highest BCUT2D eigenvalue weighted by Gasteiger charge is 2.15. The molecule has 0 spiro atoms. The molecule has 1 aromatic carbocycles. The molecule has 5 nitrogen and oxygen atoms in total. The van der Waals surface area contributed by atoms with E-state index in [4.69, 9.17) is 5.73 Å². The summed E-state index contributed by atoms with van der Waals surface area (Å²) in [7, 11) is -1.13. The van der Waals surface area contributed by atoms with Crippen LogP contribution in [0.5, 0.6) is 0 Å². The predicted octanol–water partition coefficient (Wildman–Crippen LogP) is 0.488. The summed E-state index contributed by atoms with van der Waals surface area (Å²) in [5, 5.41) is 0. The van der Waals surface area contributed by atoms with Gasteiger partial charge in [0.1, 0.15) is 15.7 Å². The molecule has 0 aliphatic carbocycles. The minimum absolute atomic E-state index is 0.0177. The van der Waals surface area contributed by atoms with Crippen LogP contribution in [0.3, 0.4) is 0 Å². The maximum atomic E-state index is 11.2. The van der Waals surface area contributed by atoms with Crippen molar-refractivity contribution >= 4 is 20.9 Å². The summed E-state index contributed by atoms with van der Waals surface area (Å²) < 4.78 is 24.3. The highest BCUT2D eigenvalue weighted by molar-refractivity contribution is 7.90. The van der Waals surface area contributed by atoms with E-state index >= 15 is 0 Å². The zero-order valence-corrected chi connectivity index (χ0v) is 11.3. The van der Waals surface area contributed by atoms with Crippen LogP contribution in [0.4, 0.5) is 0 Å². The Morgan fingerprint density at radius 2 is 2.06 bits per heavy atom. The first-order chi connectivity index (χ1) is 8.37. The first-order valence-corrected chi connectivity index (χ1v) is 7.76. The van der Waals surface area contributed by atoms with Crippen molar-refractivity contribution in [2.24, 2.45) is 12.8 Å². The molecule has 0 fully saturated rings. The highest BCUT2D eigenvalue weighted by atomic mass is 32.2. The lowest BCUT2D eigenvalue weighted by molar-refractivity contribution is 0.588. The third kappa shape index (κ3) is 2.88. The minimum Gasteiger partial charge on any atom is -0.331 e. The molecule has 2 rings (SSSR count). The third-order valence-electron chi connectivity index (χ3n) is 2.84. The largest absolute Gasteiger partial charge is 0.331 e. The molecular formula is C12H17N3O2S. The molecule has 1 unspecified atom stereocenters. The van der Waals surface area contributed by atoms with Crippen LogP contribution in [0.15, 0.2) is 24.3 Å². The monoisotopic (exact) mass is 267 g/mol. The number of para-hydroxylation sites is 2. The molecule has 0 amide bonds. The second-order valence-electron chi connectivity index (χ2n) is 4.63. The van der Waals surface area contributed by atoms with Crippen LogP contribution in [-0.4, -0.2) is 36.0 Å². The number of fused-ring (bicyclic) bond motifs is 1. The van der Waals surface area contributed by atoms with Gasteiger partial charge >= 0.3 is 0 Å². The highest BCUT2D eigenvalue weighted by Crippen LogP contribution is 2.15. The molecule has 1 atom stereocenters. The minimum atomic E-state index is -3.05. The van der Waals surface area contributed by atoms with E-state index in [1.807, 2.05) is 35.9 Å². The average Bonchev–Trinajstić information content (AvgIpc) is 2.54. The number of hydrogen-bond acceptors (Lipinski definition) is 4. The second kappa shape index (κ2) is 4.70. The quantitative estimate of drug-likeness (QED) is 0.874. The Morgan fingerprint density at radius 3 is 2.67 bits per heavy atom. The van der Waals surface area contributed by atoms with Crippen LogP contribution < -0.4 is 5.73 Å². The fourth-order valence-electron chi connectivity index (χ4n) is 2.06. The van der Waals surface area contributed by atoms with Crippen molar-refractivity contribution < 1.29 is 8.42 Å². The molecule has 0 radical (unpaired) electrons. The second-order valence-corrected chi connectivity index (χ2v) is 6.82. The van der Waals surface area contributed by atoms with Crippen molar-refractivity contribution in [3.8, 4) is 0 Å². The number of benzene rings is 1. The van der Waals surface area contributed by atoms with Crippen molar-refractivity contribution in [2.75, 3.05) is 12.0 Å². The van der Waals surface area contributed by atoms with Gasteiger partial charge in [0.05, 0.1) is 16.8 Å². The van der Waals surface area contributed by atoms with E-state index in [0.717, 1.165) is 16.9 Å². The average molecular weight is 267 g/mol. The van der Waals surface area contributed by atoms with Crippen LogP contribution in [0.2, 0.25) is 0 Å². The van der Waals surface area contributed by atoms with Crippen LogP contribution in [0.25, 0.3) is 11.0 Å². The Balaban J connectivity index is 2.24. The molecule has 2 aromatic rings. The van der Waals surface area contributed by atoms with E-state index < -0.39 is 15.9 Å². The molecule has 6 heteroatoms. The van der Waals surface area contributed by atoms with Crippen LogP contribution >= 0.6 is 0 Å². The fourth-order valence-corrected chi connectivity index (χ4v) is 2.96. The summed E-state index contributed by atoms with van der Waals surface area (Å²) in [6.45, 7) is 0. The number of rotatable bonds is 4. The smallest absolute Gasteiger partial charge is 0.148 e. The summed E-state index contributed by atoms with van der Waals surface area (Å²) in [5.41, 5.74) is 7.78. The number of aromatic nitrogens is 2. The normalized spacial score (nSPS) is 13.9. The van der Waals surface area contributed by atoms with Gasteiger partial charge in [0.2, 0.25) is 0 Å². The predicted molar refractivity (Wildman–Crippen MR) is 72.1 cm³/mol. The van der Waals surface area contributed by atoms with E-state index in [-0.39, 0.29) is 5.75 Å². The summed E-state index contributed by atoms with van der Waals surface area (Å²) in [6.07, 6.45) is 1.65. The lowest BCUT2D eigenvalue weighted by Crippen LogP contribution is -2.32. The lowest BCUT2D eigenvalue weighted by atomic mass is 10.2. The molecule has 98 valence electrons. The van der Waals surface area contributed by atoms with Crippen molar-refractivity contribution in [1.29, 1.82) is 0 Å². The van der Waals surface area contributed by atoms with Crippen LogP contribution in [0, 0.1) is 0 Å². The molecule has 1 heterocycles. The first kappa shape index (κ1) is 13.0. The summed E-state index contributed by atoms with van der Waals surface area (Å²) in [4.78, 5) is 4.47. The van der Waals surface area contributed by atoms with E-state index in [0.29, 0.717) is 6.42 Å². The van der Waals surface area contributed by atoms with Crippen molar-refractivity contribution in [3.63, 3.8) is 0 Å². The Bertz CT molecular complexity index is 661.